The highest BCUT2D eigenvalue weighted by molar-refractivity contribution is 5.43. The molecule has 0 aromatic carbocycles. The highest BCUT2D eigenvalue weighted by Gasteiger charge is 2.20. The van der Waals surface area contributed by atoms with Crippen molar-refractivity contribution in [3.05, 3.63) is 0 Å². The molecule has 19 heavy (non-hydrogen) atoms. The fraction of sp³-hybridized carbons (Fsp3) is 0.750. The van der Waals surface area contributed by atoms with Crippen molar-refractivity contribution >= 4 is 17.8 Å². The van der Waals surface area contributed by atoms with Crippen molar-refractivity contribution in [2.24, 2.45) is 0 Å². The Bertz CT molecular complexity index is 421. The lowest BCUT2D eigenvalue weighted by Crippen LogP contribution is -2.25. The van der Waals surface area contributed by atoms with E-state index in [4.69, 9.17) is 0 Å². The van der Waals surface area contributed by atoms with Crippen LogP contribution in [-0.2, 0) is 0 Å². The van der Waals surface area contributed by atoms with E-state index in [1.54, 1.807) is 0 Å². The summed E-state index contributed by atoms with van der Waals surface area (Å²) in [5.74, 6) is 1.94. The van der Waals surface area contributed by atoms with Gasteiger partial charge in [0.25, 0.3) is 0 Å². The van der Waals surface area contributed by atoms with Crippen LogP contribution in [0.15, 0.2) is 0 Å². The lowest BCUT2D eigenvalue weighted by Gasteiger charge is -2.16. The van der Waals surface area contributed by atoms with Crippen LogP contribution in [0.4, 0.5) is 17.8 Å². The molecule has 7 heteroatoms. The van der Waals surface area contributed by atoms with Crippen molar-refractivity contribution in [2.45, 2.75) is 19.4 Å². The van der Waals surface area contributed by atoms with E-state index in [2.05, 4.69) is 37.5 Å². The average molecular weight is 265 g/mol. The van der Waals surface area contributed by atoms with Gasteiger partial charge < -0.3 is 20.4 Å². The molecule has 2 heterocycles. The quantitative estimate of drug-likeness (QED) is 0.802. The molecule has 1 unspecified atom stereocenters. The Labute approximate surface area is 114 Å². The van der Waals surface area contributed by atoms with Crippen molar-refractivity contribution in [3.8, 4) is 0 Å². The molecule has 0 radical (unpaired) electrons. The van der Waals surface area contributed by atoms with E-state index in [-0.39, 0.29) is 0 Å². The number of anilines is 3. The van der Waals surface area contributed by atoms with Crippen LogP contribution in [0.2, 0.25) is 0 Å². The Morgan fingerprint density at radius 3 is 2.58 bits per heavy atom. The molecule has 2 N–H and O–H groups in total. The van der Waals surface area contributed by atoms with E-state index < -0.39 is 0 Å². The molecule has 1 aromatic heterocycles. The second kappa shape index (κ2) is 6.01. The number of likely N-dealkylation sites (N-methyl/N-ethyl adjacent to an activating group) is 1. The molecular formula is C12H23N7. The molecule has 7 nitrogen and oxygen atoms in total. The Morgan fingerprint density at radius 2 is 2.00 bits per heavy atom. The first-order valence-corrected chi connectivity index (χ1v) is 6.71. The summed E-state index contributed by atoms with van der Waals surface area (Å²) in [7, 11) is 5.99. The summed E-state index contributed by atoms with van der Waals surface area (Å²) in [6.07, 6.45) is 1.12. The highest BCUT2D eigenvalue weighted by atomic mass is 15.3. The van der Waals surface area contributed by atoms with Crippen LogP contribution < -0.4 is 15.5 Å². The molecule has 1 fully saturated rings. The maximum absolute atomic E-state index is 4.44. The van der Waals surface area contributed by atoms with Crippen molar-refractivity contribution in [2.75, 3.05) is 56.3 Å². The van der Waals surface area contributed by atoms with Gasteiger partial charge in [0.05, 0.1) is 0 Å². The Morgan fingerprint density at radius 1 is 1.26 bits per heavy atom. The normalized spacial score (nSPS) is 19.5. The molecule has 1 aliphatic heterocycles. The van der Waals surface area contributed by atoms with Crippen LogP contribution in [0.1, 0.15) is 13.3 Å². The fourth-order valence-electron chi connectivity index (χ4n) is 2.10. The molecule has 1 atom stereocenters. The molecular weight excluding hydrogens is 242 g/mol. The number of likely N-dealkylation sites (tertiary alicyclic amines) is 1. The van der Waals surface area contributed by atoms with Crippen LogP contribution in [0.25, 0.3) is 0 Å². The van der Waals surface area contributed by atoms with E-state index in [0.717, 1.165) is 26.1 Å². The summed E-state index contributed by atoms with van der Waals surface area (Å²) in [6.45, 7) is 4.96. The van der Waals surface area contributed by atoms with Gasteiger partial charge in [0.15, 0.2) is 0 Å². The largest absolute Gasteiger partial charge is 0.354 e. The van der Waals surface area contributed by atoms with Gasteiger partial charge in [0.1, 0.15) is 0 Å². The average Bonchev–Trinajstić information content (AvgIpc) is 2.75. The van der Waals surface area contributed by atoms with E-state index in [9.17, 15) is 0 Å². The third kappa shape index (κ3) is 3.66. The summed E-state index contributed by atoms with van der Waals surface area (Å²) in [4.78, 5) is 17.4. The number of aromatic nitrogens is 3. The third-order valence-corrected chi connectivity index (χ3v) is 3.08. The first kappa shape index (κ1) is 13.8. The van der Waals surface area contributed by atoms with E-state index in [0.29, 0.717) is 23.9 Å². The number of nitrogens with one attached hydrogen (secondary N) is 2. The van der Waals surface area contributed by atoms with Gasteiger partial charge in [-0.25, -0.2) is 0 Å². The maximum Gasteiger partial charge on any atom is 0.231 e. The standard InChI is InChI=1S/C12H23N7/c1-5-13-10-15-11(17-12(16-10)18(2)3)14-9-6-7-19(4)8-9/h9H,5-8H2,1-4H3,(H2,13,14,15,16,17). The van der Waals surface area contributed by atoms with Gasteiger partial charge in [0, 0.05) is 33.2 Å². The molecule has 0 amide bonds. The second-order valence-electron chi connectivity index (χ2n) is 5.10. The minimum Gasteiger partial charge on any atom is -0.354 e. The van der Waals surface area contributed by atoms with Gasteiger partial charge in [-0.1, -0.05) is 0 Å². The summed E-state index contributed by atoms with van der Waals surface area (Å²) < 4.78 is 0. The molecule has 1 aliphatic rings. The molecule has 0 spiro atoms. The van der Waals surface area contributed by atoms with E-state index >= 15 is 0 Å². The molecule has 2 rings (SSSR count). The smallest absolute Gasteiger partial charge is 0.231 e. The molecule has 0 bridgehead atoms. The van der Waals surface area contributed by atoms with Crippen molar-refractivity contribution in [3.63, 3.8) is 0 Å². The van der Waals surface area contributed by atoms with Gasteiger partial charge in [0.2, 0.25) is 17.8 Å². The Kier molecular flexibility index (Phi) is 4.36. The number of hydrogen-bond acceptors (Lipinski definition) is 7. The lowest BCUT2D eigenvalue weighted by molar-refractivity contribution is 0.414. The van der Waals surface area contributed by atoms with Crippen LogP contribution in [0, 0.1) is 0 Å². The van der Waals surface area contributed by atoms with Crippen LogP contribution in [0.3, 0.4) is 0 Å². The molecule has 0 aliphatic carbocycles. The predicted octanol–water partition coefficient (Wildman–Crippen LogP) is 0.485. The highest BCUT2D eigenvalue weighted by Crippen LogP contribution is 2.15. The SMILES string of the molecule is CCNc1nc(NC2CCN(C)C2)nc(N(C)C)n1. The lowest BCUT2D eigenvalue weighted by atomic mass is 10.3. The number of nitrogens with zero attached hydrogens (tertiary/aromatic N) is 5. The molecule has 106 valence electrons. The van der Waals surface area contributed by atoms with Crippen LogP contribution >= 0.6 is 0 Å². The Hall–Kier alpha value is -1.63. The summed E-state index contributed by atoms with van der Waals surface area (Å²) in [5.41, 5.74) is 0. The molecule has 1 aromatic rings. The monoisotopic (exact) mass is 265 g/mol. The van der Waals surface area contributed by atoms with Gasteiger partial charge >= 0.3 is 0 Å². The molecule has 1 saturated heterocycles. The number of rotatable bonds is 5. The van der Waals surface area contributed by atoms with Crippen molar-refractivity contribution < 1.29 is 0 Å². The minimum atomic E-state index is 0.414. The maximum atomic E-state index is 4.44. The van der Waals surface area contributed by atoms with E-state index in [1.807, 2.05) is 25.9 Å². The van der Waals surface area contributed by atoms with Gasteiger partial charge in [-0.05, 0) is 26.9 Å². The molecule has 0 saturated carbocycles. The van der Waals surface area contributed by atoms with Crippen LogP contribution in [-0.4, -0.2) is 66.7 Å². The number of hydrogen-bond donors (Lipinski definition) is 2. The van der Waals surface area contributed by atoms with Gasteiger partial charge in [-0.15, -0.1) is 0 Å². The van der Waals surface area contributed by atoms with Gasteiger partial charge in [-0.3, -0.25) is 0 Å². The summed E-state index contributed by atoms with van der Waals surface area (Å²) in [5, 5.41) is 6.53. The van der Waals surface area contributed by atoms with Crippen LogP contribution in [0.5, 0.6) is 0 Å². The Balaban J connectivity index is 2.13. The first-order chi connectivity index (χ1) is 9.08. The zero-order valence-corrected chi connectivity index (χ0v) is 12.1. The first-order valence-electron chi connectivity index (χ1n) is 6.71. The minimum absolute atomic E-state index is 0.414. The zero-order chi connectivity index (χ0) is 13.8. The zero-order valence-electron chi connectivity index (χ0n) is 12.1. The third-order valence-electron chi connectivity index (χ3n) is 3.08. The topological polar surface area (TPSA) is 69.2 Å². The second-order valence-corrected chi connectivity index (χ2v) is 5.10. The fourth-order valence-corrected chi connectivity index (χ4v) is 2.10. The summed E-state index contributed by atoms with van der Waals surface area (Å²) >= 11 is 0. The van der Waals surface area contributed by atoms with Gasteiger partial charge in [-0.2, -0.15) is 15.0 Å². The summed E-state index contributed by atoms with van der Waals surface area (Å²) in [6, 6.07) is 0.414. The van der Waals surface area contributed by atoms with Crippen molar-refractivity contribution in [1.82, 2.24) is 19.9 Å². The van der Waals surface area contributed by atoms with Crippen molar-refractivity contribution in [1.29, 1.82) is 0 Å². The predicted molar refractivity (Wildman–Crippen MR) is 77.8 cm³/mol. The van der Waals surface area contributed by atoms with E-state index in [1.165, 1.54) is 0 Å².